The maximum Gasteiger partial charge on any atom is 0.244 e. The van der Waals surface area contributed by atoms with Crippen molar-refractivity contribution in [2.24, 2.45) is 5.41 Å². The second-order valence-corrected chi connectivity index (χ2v) is 4.72. The first-order valence-corrected chi connectivity index (χ1v) is 6.57. The fourth-order valence-electron chi connectivity index (χ4n) is 1.47. The molecule has 0 spiro atoms. The summed E-state index contributed by atoms with van der Waals surface area (Å²) in [5.41, 5.74) is -0.505. The molecule has 108 valence electrons. The van der Waals surface area contributed by atoms with Crippen molar-refractivity contribution >= 4 is 11.6 Å². The number of benzene rings is 1. The van der Waals surface area contributed by atoms with Gasteiger partial charge in [0.15, 0.2) is 11.5 Å². The molecule has 5 heteroatoms. The van der Waals surface area contributed by atoms with Crippen LogP contribution in [0.1, 0.15) is 27.7 Å². The number of hydrogen-bond donors (Lipinski definition) is 1. The number of hydrogen-bond acceptors (Lipinski definition) is 4. The minimum absolute atomic E-state index is 0.355. The molecule has 0 radical (unpaired) electrons. The molecule has 1 rings (SSSR count). The zero-order chi connectivity index (χ0) is 15.2. The van der Waals surface area contributed by atoms with Crippen molar-refractivity contribution in [1.82, 2.24) is 0 Å². The highest BCUT2D eigenvalue weighted by Gasteiger charge is 2.27. The van der Waals surface area contributed by atoms with Crippen LogP contribution < -0.4 is 14.8 Å². The summed E-state index contributed by atoms with van der Waals surface area (Å²) in [7, 11) is 0. The van der Waals surface area contributed by atoms with E-state index in [2.05, 4.69) is 5.32 Å². The lowest BCUT2D eigenvalue weighted by atomic mass is 9.94. The molecule has 0 saturated heterocycles. The van der Waals surface area contributed by atoms with Crippen molar-refractivity contribution in [3.05, 3.63) is 18.2 Å². The van der Waals surface area contributed by atoms with Crippen LogP contribution in [0, 0.1) is 16.7 Å². The third-order valence-electron chi connectivity index (χ3n) is 2.65. The van der Waals surface area contributed by atoms with Gasteiger partial charge in [0.2, 0.25) is 5.91 Å². The van der Waals surface area contributed by atoms with Crippen LogP contribution in [0.2, 0.25) is 0 Å². The van der Waals surface area contributed by atoms with E-state index in [1.54, 1.807) is 32.0 Å². The fourth-order valence-corrected chi connectivity index (χ4v) is 1.47. The summed E-state index contributed by atoms with van der Waals surface area (Å²) in [6, 6.07) is 7.12. The number of carbonyl (C=O) groups excluding carboxylic acids is 1. The maximum absolute atomic E-state index is 11.9. The Kier molecular flexibility index (Phi) is 5.39. The topological polar surface area (TPSA) is 71.3 Å². The number of nitriles is 1. The van der Waals surface area contributed by atoms with Gasteiger partial charge < -0.3 is 14.8 Å². The summed E-state index contributed by atoms with van der Waals surface area (Å²) < 4.78 is 10.9. The third kappa shape index (κ3) is 3.89. The fraction of sp³-hybridized carbons (Fsp3) is 0.467. The van der Waals surface area contributed by atoms with Crippen molar-refractivity contribution in [3.8, 4) is 17.6 Å². The molecule has 0 aromatic heterocycles. The molecule has 1 aromatic carbocycles. The SMILES string of the molecule is CCOc1ccc(NC(=O)C(C)(C)C#N)cc1OCC. The lowest BCUT2D eigenvalue weighted by molar-refractivity contribution is -0.121. The molecule has 0 fully saturated rings. The molecule has 0 unspecified atom stereocenters. The Labute approximate surface area is 119 Å². The highest BCUT2D eigenvalue weighted by molar-refractivity contribution is 5.96. The number of nitrogens with one attached hydrogen (secondary N) is 1. The van der Waals surface area contributed by atoms with Gasteiger partial charge >= 0.3 is 0 Å². The second-order valence-electron chi connectivity index (χ2n) is 4.72. The predicted octanol–water partition coefficient (Wildman–Crippen LogP) is 2.97. The van der Waals surface area contributed by atoms with Crippen molar-refractivity contribution in [2.45, 2.75) is 27.7 Å². The standard InChI is InChI=1S/C15H20N2O3/c1-5-19-12-8-7-11(9-13(12)20-6-2)17-14(18)15(3,4)10-16/h7-9H,5-6H2,1-4H3,(H,17,18). The number of nitrogens with zero attached hydrogens (tertiary/aromatic N) is 1. The molecule has 0 aliphatic heterocycles. The van der Waals surface area contributed by atoms with Crippen LogP contribution >= 0.6 is 0 Å². The van der Waals surface area contributed by atoms with Crippen LogP contribution in [0.25, 0.3) is 0 Å². The Hall–Kier alpha value is -2.22. The van der Waals surface area contributed by atoms with E-state index in [-0.39, 0.29) is 5.91 Å². The molecular formula is C15H20N2O3. The predicted molar refractivity (Wildman–Crippen MR) is 76.8 cm³/mol. The first kappa shape index (κ1) is 15.8. The first-order chi connectivity index (χ1) is 9.44. The number of amides is 1. The van der Waals surface area contributed by atoms with E-state index in [4.69, 9.17) is 14.7 Å². The van der Waals surface area contributed by atoms with Gasteiger partial charge in [-0.05, 0) is 39.8 Å². The van der Waals surface area contributed by atoms with E-state index in [0.29, 0.717) is 30.4 Å². The average molecular weight is 276 g/mol. The van der Waals surface area contributed by atoms with E-state index in [1.807, 2.05) is 19.9 Å². The van der Waals surface area contributed by atoms with Crippen LogP contribution in [-0.2, 0) is 4.79 Å². The van der Waals surface area contributed by atoms with Crippen molar-refractivity contribution in [1.29, 1.82) is 5.26 Å². The van der Waals surface area contributed by atoms with E-state index in [0.717, 1.165) is 0 Å². The first-order valence-electron chi connectivity index (χ1n) is 6.57. The summed E-state index contributed by atoms with van der Waals surface area (Å²) in [6.45, 7) is 7.94. The monoisotopic (exact) mass is 276 g/mol. The number of rotatable bonds is 6. The molecule has 0 atom stereocenters. The quantitative estimate of drug-likeness (QED) is 0.867. The summed E-state index contributed by atoms with van der Waals surface area (Å²) in [4.78, 5) is 11.9. The Morgan fingerprint density at radius 1 is 1.25 bits per heavy atom. The molecule has 0 heterocycles. The molecule has 1 aromatic rings. The van der Waals surface area contributed by atoms with Gasteiger partial charge in [0, 0.05) is 11.8 Å². The largest absolute Gasteiger partial charge is 0.490 e. The Morgan fingerprint density at radius 2 is 1.85 bits per heavy atom. The van der Waals surface area contributed by atoms with Crippen LogP contribution in [-0.4, -0.2) is 19.1 Å². The summed E-state index contributed by atoms with van der Waals surface area (Å²) >= 11 is 0. The van der Waals surface area contributed by atoms with Crippen molar-refractivity contribution in [3.63, 3.8) is 0 Å². The molecule has 20 heavy (non-hydrogen) atoms. The van der Waals surface area contributed by atoms with E-state index >= 15 is 0 Å². The summed E-state index contributed by atoms with van der Waals surface area (Å²) in [5, 5.41) is 11.6. The van der Waals surface area contributed by atoms with E-state index in [9.17, 15) is 4.79 Å². The van der Waals surface area contributed by atoms with Crippen LogP contribution in [0.3, 0.4) is 0 Å². The molecule has 5 nitrogen and oxygen atoms in total. The average Bonchev–Trinajstić information content (AvgIpc) is 2.42. The third-order valence-corrected chi connectivity index (χ3v) is 2.65. The minimum atomic E-state index is -1.08. The van der Waals surface area contributed by atoms with Crippen molar-refractivity contribution < 1.29 is 14.3 Å². The molecule has 0 aliphatic rings. The van der Waals surface area contributed by atoms with E-state index < -0.39 is 5.41 Å². The molecule has 0 bridgehead atoms. The lowest BCUT2D eigenvalue weighted by Crippen LogP contribution is -2.29. The molecule has 0 aliphatic carbocycles. The van der Waals surface area contributed by atoms with Gasteiger partial charge in [0.05, 0.1) is 19.3 Å². The summed E-state index contributed by atoms with van der Waals surface area (Å²) in [5.74, 6) is 0.848. The number of ether oxygens (including phenoxy) is 2. The number of anilines is 1. The van der Waals surface area contributed by atoms with E-state index in [1.165, 1.54) is 0 Å². The number of carbonyl (C=O) groups is 1. The van der Waals surface area contributed by atoms with Gasteiger partial charge in [-0.1, -0.05) is 0 Å². The maximum atomic E-state index is 11.9. The lowest BCUT2D eigenvalue weighted by Gasteiger charge is -2.17. The van der Waals surface area contributed by atoms with Crippen molar-refractivity contribution in [2.75, 3.05) is 18.5 Å². The molecule has 1 amide bonds. The smallest absolute Gasteiger partial charge is 0.244 e. The summed E-state index contributed by atoms with van der Waals surface area (Å²) in [6.07, 6.45) is 0. The second kappa shape index (κ2) is 6.80. The van der Waals surface area contributed by atoms with Crippen LogP contribution in [0.5, 0.6) is 11.5 Å². The zero-order valence-corrected chi connectivity index (χ0v) is 12.3. The van der Waals surface area contributed by atoms with Gasteiger partial charge in [-0.25, -0.2) is 0 Å². The Balaban J connectivity index is 2.95. The van der Waals surface area contributed by atoms with Gasteiger partial charge in [0.25, 0.3) is 0 Å². The van der Waals surface area contributed by atoms with Gasteiger partial charge in [-0.2, -0.15) is 5.26 Å². The van der Waals surface area contributed by atoms with Gasteiger partial charge in [-0.3, -0.25) is 4.79 Å². The minimum Gasteiger partial charge on any atom is -0.490 e. The van der Waals surface area contributed by atoms with Gasteiger partial charge in [-0.15, -0.1) is 0 Å². The molecular weight excluding hydrogens is 256 g/mol. The Bertz CT molecular complexity index is 518. The normalized spacial score (nSPS) is 10.6. The highest BCUT2D eigenvalue weighted by atomic mass is 16.5. The van der Waals surface area contributed by atoms with Crippen LogP contribution in [0.15, 0.2) is 18.2 Å². The van der Waals surface area contributed by atoms with Crippen LogP contribution in [0.4, 0.5) is 5.69 Å². The zero-order valence-electron chi connectivity index (χ0n) is 12.3. The Morgan fingerprint density at radius 3 is 2.40 bits per heavy atom. The highest BCUT2D eigenvalue weighted by Crippen LogP contribution is 2.31. The van der Waals surface area contributed by atoms with Gasteiger partial charge in [0.1, 0.15) is 5.41 Å². The molecule has 1 N–H and O–H groups in total. The molecule has 0 saturated carbocycles.